The molecule has 1 saturated heterocycles. The Bertz CT molecular complexity index is 749. The standard InChI is InChI=1S/C15H16N4O2S.2C2H6/c1-8-9(2)19-11-10(7-17-14(19)22-3)6-15(13(21)18(8)11)4-5-16-12(15)20;2*1-2/h7,9H,1,4-6H2,2-3H3;2*1-2H3/p+1. The highest BCUT2D eigenvalue weighted by molar-refractivity contribution is 7.98. The normalized spacial score (nSPS) is 25.2. The number of hydrogen-bond acceptors (Lipinski definition) is 4. The Morgan fingerprint density at radius 3 is 2.54 bits per heavy atom. The number of anilines is 1. The summed E-state index contributed by atoms with van der Waals surface area (Å²) in [7, 11) is 0. The van der Waals surface area contributed by atoms with E-state index >= 15 is 0 Å². The van der Waals surface area contributed by atoms with Crippen LogP contribution >= 0.6 is 11.8 Å². The quantitative estimate of drug-likeness (QED) is 0.354. The monoisotopic (exact) mass is 377 g/mol. The third-order valence-corrected chi connectivity index (χ3v) is 5.65. The van der Waals surface area contributed by atoms with Crippen LogP contribution in [-0.2, 0) is 16.0 Å². The molecule has 1 N–H and O–H groups in total. The summed E-state index contributed by atoms with van der Waals surface area (Å²) < 4.78 is 2.06. The minimum absolute atomic E-state index is 0.0338. The first-order valence-corrected chi connectivity index (χ1v) is 10.5. The molecule has 1 aromatic heterocycles. The Morgan fingerprint density at radius 1 is 1.35 bits per heavy atom. The largest absolute Gasteiger partial charge is 0.355 e. The van der Waals surface area contributed by atoms with E-state index in [2.05, 4.69) is 21.4 Å². The Morgan fingerprint density at radius 2 is 2.00 bits per heavy atom. The average Bonchev–Trinajstić information content (AvgIpc) is 3.17. The lowest BCUT2D eigenvalue weighted by atomic mass is 9.76. The SMILES string of the molecule is C=C1C(C)[n+]2c(SC)ncc3c2N1C(=O)C1(CCNC1=O)C3.CC.CC. The number of thioether (sulfide) groups is 1. The first-order valence-electron chi connectivity index (χ1n) is 9.30. The Balaban J connectivity index is 0.000000570. The molecule has 0 bridgehead atoms. The fourth-order valence-corrected chi connectivity index (χ4v) is 4.33. The Labute approximate surface area is 160 Å². The number of hydrogen-bond donors (Lipinski definition) is 1. The van der Waals surface area contributed by atoms with Gasteiger partial charge in [0, 0.05) is 13.0 Å². The second kappa shape index (κ2) is 7.78. The first kappa shape index (κ1) is 20.4. The fraction of sp³-hybridized carbons (Fsp3) is 0.579. The molecule has 4 rings (SSSR count). The van der Waals surface area contributed by atoms with Crippen LogP contribution in [0.25, 0.3) is 0 Å². The van der Waals surface area contributed by atoms with Gasteiger partial charge in [-0.1, -0.05) is 46.0 Å². The van der Waals surface area contributed by atoms with Crippen molar-refractivity contribution in [1.82, 2.24) is 10.3 Å². The van der Waals surface area contributed by atoms with Crippen LogP contribution < -0.4 is 14.8 Å². The second-order valence-electron chi connectivity index (χ2n) is 6.04. The topological polar surface area (TPSA) is 66.2 Å². The molecule has 0 aromatic carbocycles. The van der Waals surface area contributed by atoms with Gasteiger partial charge in [-0.15, -0.1) is 4.98 Å². The van der Waals surface area contributed by atoms with Crippen LogP contribution in [0.4, 0.5) is 5.82 Å². The first-order chi connectivity index (χ1) is 12.5. The molecule has 0 aliphatic carbocycles. The van der Waals surface area contributed by atoms with Crippen LogP contribution in [0.1, 0.15) is 52.6 Å². The van der Waals surface area contributed by atoms with E-state index in [9.17, 15) is 9.59 Å². The van der Waals surface area contributed by atoms with Crippen LogP contribution in [-0.4, -0.2) is 29.6 Å². The van der Waals surface area contributed by atoms with Crippen molar-refractivity contribution in [3.63, 3.8) is 0 Å². The number of nitrogens with one attached hydrogen (secondary N) is 1. The molecule has 7 heteroatoms. The molecular weight excluding hydrogens is 348 g/mol. The van der Waals surface area contributed by atoms with Crippen molar-refractivity contribution in [3.05, 3.63) is 24.0 Å². The van der Waals surface area contributed by atoms with Gasteiger partial charge in [0.25, 0.3) is 5.16 Å². The summed E-state index contributed by atoms with van der Waals surface area (Å²) >= 11 is 1.54. The van der Waals surface area contributed by atoms with E-state index in [-0.39, 0.29) is 17.9 Å². The third-order valence-electron chi connectivity index (χ3n) is 4.98. The number of amides is 2. The van der Waals surface area contributed by atoms with Gasteiger partial charge in [0.1, 0.15) is 23.4 Å². The van der Waals surface area contributed by atoms with Crippen molar-refractivity contribution in [1.29, 1.82) is 0 Å². The molecule has 1 aromatic rings. The van der Waals surface area contributed by atoms with Crippen molar-refractivity contribution in [2.75, 3.05) is 17.7 Å². The molecule has 142 valence electrons. The number of carbonyl (C=O) groups excluding carboxylic acids is 2. The molecule has 2 atom stereocenters. The second-order valence-corrected chi connectivity index (χ2v) is 6.81. The van der Waals surface area contributed by atoms with Crippen LogP contribution in [0, 0.1) is 5.41 Å². The lowest BCUT2D eigenvalue weighted by molar-refractivity contribution is -0.729. The van der Waals surface area contributed by atoms with E-state index in [1.807, 2.05) is 40.9 Å². The molecule has 2 unspecified atom stereocenters. The van der Waals surface area contributed by atoms with Gasteiger partial charge in [-0.3, -0.25) is 9.59 Å². The van der Waals surface area contributed by atoms with Crippen molar-refractivity contribution in [2.45, 2.75) is 58.7 Å². The molecular formula is C19H29N4O2S+. The van der Waals surface area contributed by atoms with Gasteiger partial charge in [-0.2, -0.15) is 4.90 Å². The van der Waals surface area contributed by atoms with Gasteiger partial charge in [-0.25, -0.2) is 4.57 Å². The maximum absolute atomic E-state index is 13.1. The Kier molecular flexibility index (Phi) is 6.11. The lowest BCUT2D eigenvalue weighted by Gasteiger charge is -2.31. The molecule has 1 spiro atoms. The smallest absolute Gasteiger partial charge is 0.303 e. The maximum atomic E-state index is 13.1. The highest BCUT2D eigenvalue weighted by atomic mass is 32.2. The summed E-state index contributed by atoms with van der Waals surface area (Å²) in [6.45, 7) is 14.7. The molecule has 26 heavy (non-hydrogen) atoms. The van der Waals surface area contributed by atoms with Crippen LogP contribution in [0.2, 0.25) is 0 Å². The van der Waals surface area contributed by atoms with E-state index < -0.39 is 5.41 Å². The van der Waals surface area contributed by atoms with E-state index in [0.29, 0.717) is 25.1 Å². The number of rotatable bonds is 1. The number of carbonyl (C=O) groups is 2. The zero-order chi connectivity index (χ0) is 19.6. The summed E-state index contributed by atoms with van der Waals surface area (Å²) in [6.07, 6.45) is 4.72. The van der Waals surface area contributed by atoms with Crippen molar-refractivity contribution in [2.24, 2.45) is 5.41 Å². The zero-order valence-electron chi connectivity index (χ0n) is 16.5. The zero-order valence-corrected chi connectivity index (χ0v) is 17.4. The van der Waals surface area contributed by atoms with Crippen molar-refractivity contribution < 1.29 is 14.2 Å². The van der Waals surface area contributed by atoms with E-state index in [0.717, 1.165) is 16.5 Å². The fourth-order valence-electron chi connectivity index (χ4n) is 3.73. The summed E-state index contributed by atoms with van der Waals surface area (Å²) in [5, 5.41) is 3.66. The maximum Gasteiger partial charge on any atom is 0.303 e. The van der Waals surface area contributed by atoms with E-state index in [1.54, 1.807) is 22.9 Å². The lowest BCUT2D eigenvalue weighted by Crippen LogP contribution is -2.53. The number of allylic oxidation sites excluding steroid dienone is 1. The predicted molar refractivity (Wildman–Crippen MR) is 104 cm³/mol. The van der Waals surface area contributed by atoms with Crippen molar-refractivity contribution in [3.8, 4) is 0 Å². The molecule has 0 radical (unpaired) electrons. The van der Waals surface area contributed by atoms with Gasteiger partial charge in [0.15, 0.2) is 0 Å². The molecule has 1 fully saturated rings. The molecule has 6 nitrogen and oxygen atoms in total. The van der Waals surface area contributed by atoms with Gasteiger partial charge in [0.05, 0.1) is 5.56 Å². The van der Waals surface area contributed by atoms with E-state index in [1.165, 1.54) is 0 Å². The molecule has 0 saturated carbocycles. The molecule has 3 aliphatic rings. The number of aromatic nitrogens is 2. The van der Waals surface area contributed by atoms with Gasteiger partial charge < -0.3 is 5.32 Å². The van der Waals surface area contributed by atoms with E-state index in [4.69, 9.17) is 0 Å². The summed E-state index contributed by atoms with van der Waals surface area (Å²) in [4.78, 5) is 31.6. The van der Waals surface area contributed by atoms with Gasteiger partial charge in [-0.05, 0) is 19.6 Å². The minimum atomic E-state index is -0.986. The number of nitrogens with zero attached hydrogens (tertiary/aromatic N) is 3. The average molecular weight is 378 g/mol. The summed E-state index contributed by atoms with van der Waals surface area (Å²) in [6, 6.07) is -0.0338. The van der Waals surface area contributed by atoms with Crippen LogP contribution in [0.3, 0.4) is 0 Å². The van der Waals surface area contributed by atoms with Crippen LogP contribution in [0.15, 0.2) is 23.6 Å². The van der Waals surface area contributed by atoms with Gasteiger partial charge in [0.2, 0.25) is 11.7 Å². The summed E-state index contributed by atoms with van der Waals surface area (Å²) in [5.74, 6) is 0.527. The van der Waals surface area contributed by atoms with Crippen molar-refractivity contribution >= 4 is 29.4 Å². The van der Waals surface area contributed by atoms with Crippen LogP contribution in [0.5, 0.6) is 0 Å². The molecule has 4 heterocycles. The molecule has 3 aliphatic heterocycles. The predicted octanol–water partition coefficient (Wildman–Crippen LogP) is 2.63. The van der Waals surface area contributed by atoms with Gasteiger partial charge >= 0.3 is 5.91 Å². The molecule has 2 amide bonds. The minimum Gasteiger partial charge on any atom is -0.355 e. The third kappa shape index (κ3) is 2.64. The summed E-state index contributed by atoms with van der Waals surface area (Å²) in [5.41, 5.74) is 0.675. The highest BCUT2D eigenvalue weighted by Crippen LogP contribution is 2.46. The Hall–Kier alpha value is -1.89. The highest BCUT2D eigenvalue weighted by Gasteiger charge is 2.61.